The van der Waals surface area contributed by atoms with Gasteiger partial charge in [0.1, 0.15) is 12.4 Å². The standard InChI is InChI=1S/C23H29F2N3O3/c1-14(2)22(29)27-11-9-19-18(6-5-10-26-19)23(30)28-16(4)17-7-8-20(15(3)12-17)31-13-21(24)25/h5-8,10,12,14,16,21H,9,11,13H2,1-4H3,(H,27,29)(H,28,30). The van der Waals surface area contributed by atoms with Gasteiger partial charge in [0.25, 0.3) is 12.3 Å². The van der Waals surface area contributed by atoms with Gasteiger partial charge >= 0.3 is 0 Å². The third-order valence-corrected chi connectivity index (χ3v) is 4.73. The summed E-state index contributed by atoms with van der Waals surface area (Å²) in [5, 5.41) is 5.76. The fraction of sp³-hybridized carbons (Fsp3) is 0.435. The van der Waals surface area contributed by atoms with Crippen LogP contribution >= 0.6 is 0 Å². The zero-order valence-corrected chi connectivity index (χ0v) is 18.2. The number of amides is 2. The van der Waals surface area contributed by atoms with E-state index in [4.69, 9.17) is 4.74 Å². The monoisotopic (exact) mass is 433 g/mol. The average molecular weight is 433 g/mol. The molecule has 2 N–H and O–H groups in total. The van der Waals surface area contributed by atoms with E-state index in [1.165, 1.54) is 0 Å². The summed E-state index contributed by atoms with van der Waals surface area (Å²) < 4.78 is 29.8. The highest BCUT2D eigenvalue weighted by Crippen LogP contribution is 2.23. The Hall–Kier alpha value is -3.03. The zero-order chi connectivity index (χ0) is 23.0. The van der Waals surface area contributed by atoms with Crippen molar-refractivity contribution in [2.24, 2.45) is 5.92 Å². The molecule has 2 amide bonds. The minimum Gasteiger partial charge on any atom is -0.487 e. The smallest absolute Gasteiger partial charge is 0.272 e. The Bertz CT molecular complexity index is 903. The van der Waals surface area contributed by atoms with E-state index in [2.05, 4.69) is 15.6 Å². The Labute approximate surface area is 181 Å². The largest absolute Gasteiger partial charge is 0.487 e. The number of hydrogen-bond acceptors (Lipinski definition) is 4. The molecule has 0 saturated heterocycles. The van der Waals surface area contributed by atoms with Gasteiger partial charge in [-0.1, -0.05) is 26.0 Å². The molecule has 8 heteroatoms. The molecule has 1 unspecified atom stereocenters. The lowest BCUT2D eigenvalue weighted by atomic mass is 10.0. The van der Waals surface area contributed by atoms with Crippen LogP contribution in [0, 0.1) is 12.8 Å². The number of alkyl halides is 2. The molecule has 0 saturated carbocycles. The van der Waals surface area contributed by atoms with Gasteiger partial charge in [-0.15, -0.1) is 0 Å². The van der Waals surface area contributed by atoms with Crippen molar-refractivity contribution >= 4 is 11.8 Å². The quantitative estimate of drug-likeness (QED) is 0.597. The third-order valence-electron chi connectivity index (χ3n) is 4.73. The van der Waals surface area contributed by atoms with Crippen LogP contribution in [0.4, 0.5) is 8.78 Å². The molecule has 0 radical (unpaired) electrons. The van der Waals surface area contributed by atoms with Crippen LogP contribution in [0.3, 0.4) is 0 Å². The average Bonchev–Trinajstić information content (AvgIpc) is 2.72. The second-order valence-electron chi connectivity index (χ2n) is 7.62. The van der Waals surface area contributed by atoms with Crippen molar-refractivity contribution in [2.45, 2.75) is 46.6 Å². The number of carbonyl (C=O) groups is 2. The number of hydrogen-bond donors (Lipinski definition) is 2. The molecule has 0 bridgehead atoms. The molecule has 2 rings (SSSR count). The molecule has 31 heavy (non-hydrogen) atoms. The van der Waals surface area contributed by atoms with Gasteiger partial charge in [-0.2, -0.15) is 0 Å². The summed E-state index contributed by atoms with van der Waals surface area (Å²) in [5.41, 5.74) is 2.58. The molecular weight excluding hydrogens is 404 g/mol. The van der Waals surface area contributed by atoms with E-state index in [-0.39, 0.29) is 23.8 Å². The predicted octanol–water partition coefficient (Wildman–Crippen LogP) is 3.84. The highest BCUT2D eigenvalue weighted by atomic mass is 19.3. The molecule has 1 aromatic heterocycles. The van der Waals surface area contributed by atoms with Gasteiger partial charge in [0.2, 0.25) is 5.91 Å². The number of carbonyl (C=O) groups excluding carboxylic acids is 2. The van der Waals surface area contributed by atoms with E-state index in [9.17, 15) is 18.4 Å². The Morgan fingerprint density at radius 2 is 1.90 bits per heavy atom. The number of pyridine rings is 1. The minimum absolute atomic E-state index is 0.0492. The van der Waals surface area contributed by atoms with Gasteiger partial charge in [0, 0.05) is 25.1 Å². The van der Waals surface area contributed by atoms with Gasteiger partial charge in [0.05, 0.1) is 17.3 Å². The third kappa shape index (κ3) is 7.31. The molecule has 0 spiro atoms. The van der Waals surface area contributed by atoms with Gasteiger partial charge in [-0.3, -0.25) is 14.6 Å². The zero-order valence-electron chi connectivity index (χ0n) is 18.2. The maximum atomic E-state index is 12.8. The van der Waals surface area contributed by atoms with E-state index in [1.807, 2.05) is 20.8 Å². The van der Waals surface area contributed by atoms with E-state index in [0.717, 1.165) is 5.56 Å². The predicted molar refractivity (Wildman–Crippen MR) is 114 cm³/mol. The number of ether oxygens (including phenoxy) is 1. The second-order valence-corrected chi connectivity index (χ2v) is 7.62. The molecule has 0 fully saturated rings. The van der Waals surface area contributed by atoms with Crippen molar-refractivity contribution in [3.8, 4) is 5.75 Å². The van der Waals surface area contributed by atoms with Crippen LogP contribution in [0.2, 0.25) is 0 Å². The van der Waals surface area contributed by atoms with E-state index in [0.29, 0.717) is 35.5 Å². The molecule has 0 aliphatic heterocycles. The molecule has 2 aromatic rings. The molecule has 168 valence electrons. The van der Waals surface area contributed by atoms with Crippen LogP contribution in [0.5, 0.6) is 5.75 Å². The van der Waals surface area contributed by atoms with Gasteiger partial charge in [-0.25, -0.2) is 8.78 Å². The van der Waals surface area contributed by atoms with Crippen LogP contribution < -0.4 is 15.4 Å². The Morgan fingerprint density at radius 3 is 2.55 bits per heavy atom. The molecular formula is C23H29F2N3O3. The first kappa shape index (κ1) is 24.2. The summed E-state index contributed by atoms with van der Waals surface area (Å²) in [6.45, 7) is 6.97. The molecule has 1 heterocycles. The number of nitrogens with zero attached hydrogens (tertiary/aromatic N) is 1. The van der Waals surface area contributed by atoms with Crippen molar-refractivity contribution in [1.29, 1.82) is 0 Å². The lowest BCUT2D eigenvalue weighted by molar-refractivity contribution is -0.123. The topological polar surface area (TPSA) is 80.3 Å². The summed E-state index contributed by atoms with van der Waals surface area (Å²) in [6, 6.07) is 8.24. The van der Waals surface area contributed by atoms with Crippen molar-refractivity contribution in [2.75, 3.05) is 13.2 Å². The summed E-state index contributed by atoms with van der Waals surface area (Å²) in [7, 11) is 0. The molecule has 1 atom stereocenters. The number of benzene rings is 1. The summed E-state index contributed by atoms with van der Waals surface area (Å²) in [4.78, 5) is 28.9. The van der Waals surface area contributed by atoms with Crippen LogP contribution in [0.1, 0.15) is 54.0 Å². The fourth-order valence-corrected chi connectivity index (χ4v) is 2.97. The Balaban J connectivity index is 2.03. The minimum atomic E-state index is -2.54. The van der Waals surface area contributed by atoms with Crippen molar-refractivity contribution < 1.29 is 23.1 Å². The number of aryl methyl sites for hydroxylation is 1. The number of halogens is 2. The maximum Gasteiger partial charge on any atom is 0.272 e. The number of nitrogens with one attached hydrogen (secondary N) is 2. The SMILES string of the molecule is Cc1cc(C(C)NC(=O)c2cccnc2CCNC(=O)C(C)C)ccc1OCC(F)F. The van der Waals surface area contributed by atoms with Crippen molar-refractivity contribution in [3.05, 3.63) is 58.9 Å². The molecule has 0 aliphatic rings. The fourth-order valence-electron chi connectivity index (χ4n) is 2.97. The van der Waals surface area contributed by atoms with Gasteiger partial charge in [-0.05, 0) is 43.2 Å². The highest BCUT2D eigenvalue weighted by Gasteiger charge is 2.17. The van der Waals surface area contributed by atoms with Crippen LogP contribution in [0.15, 0.2) is 36.5 Å². The van der Waals surface area contributed by atoms with E-state index >= 15 is 0 Å². The Morgan fingerprint density at radius 1 is 1.16 bits per heavy atom. The first-order chi connectivity index (χ1) is 14.7. The lowest BCUT2D eigenvalue weighted by Crippen LogP contribution is -2.31. The lowest BCUT2D eigenvalue weighted by Gasteiger charge is -2.18. The first-order valence-electron chi connectivity index (χ1n) is 10.2. The molecule has 0 aliphatic carbocycles. The van der Waals surface area contributed by atoms with E-state index in [1.54, 1.807) is 43.5 Å². The Kier molecular flexibility index (Phi) is 8.90. The molecule has 6 nitrogen and oxygen atoms in total. The van der Waals surface area contributed by atoms with Crippen molar-refractivity contribution in [1.82, 2.24) is 15.6 Å². The summed E-state index contributed by atoms with van der Waals surface area (Å²) in [6.07, 6.45) is -0.489. The number of aromatic nitrogens is 1. The normalized spacial score (nSPS) is 12.0. The summed E-state index contributed by atoms with van der Waals surface area (Å²) in [5.74, 6) is -0.0445. The van der Waals surface area contributed by atoms with E-state index < -0.39 is 13.0 Å². The highest BCUT2D eigenvalue weighted by molar-refractivity contribution is 5.95. The van der Waals surface area contributed by atoms with Crippen LogP contribution in [-0.2, 0) is 11.2 Å². The molecule has 1 aromatic carbocycles. The van der Waals surface area contributed by atoms with Gasteiger partial charge < -0.3 is 15.4 Å². The van der Waals surface area contributed by atoms with Gasteiger partial charge in [0.15, 0.2) is 0 Å². The maximum absolute atomic E-state index is 12.8. The number of rotatable bonds is 10. The second kappa shape index (κ2) is 11.4. The first-order valence-corrected chi connectivity index (χ1v) is 10.2. The van der Waals surface area contributed by atoms with Crippen molar-refractivity contribution in [3.63, 3.8) is 0 Å². The van der Waals surface area contributed by atoms with Crippen LogP contribution in [0.25, 0.3) is 0 Å². The summed E-state index contributed by atoms with van der Waals surface area (Å²) >= 11 is 0. The van der Waals surface area contributed by atoms with Crippen LogP contribution in [-0.4, -0.2) is 36.4 Å².